The average molecular weight is 907 g/mol. The van der Waals surface area contributed by atoms with Gasteiger partial charge in [0.1, 0.15) is 23.0 Å². The monoisotopic (exact) mass is 906 g/mol. The van der Waals surface area contributed by atoms with E-state index >= 15 is 0 Å². The molecule has 0 unspecified atom stereocenters. The number of benzene rings is 4. The molecule has 12 nitrogen and oxygen atoms in total. The van der Waals surface area contributed by atoms with Gasteiger partial charge in [0.15, 0.2) is 0 Å². The molecule has 0 N–H and O–H groups in total. The Morgan fingerprint density at radius 2 is 0.797 bits per heavy atom. The molecular formula is C50H58N4O8S2. The van der Waals surface area contributed by atoms with E-state index in [4.69, 9.17) is 27.8 Å². The van der Waals surface area contributed by atoms with Gasteiger partial charge in [-0.3, -0.25) is 0 Å². The van der Waals surface area contributed by atoms with Crippen molar-refractivity contribution in [1.82, 2.24) is 20.4 Å². The van der Waals surface area contributed by atoms with Crippen molar-refractivity contribution < 1.29 is 37.4 Å². The first-order chi connectivity index (χ1) is 31.5. The molecule has 2 aromatic heterocycles. The topological polar surface area (TPSA) is 149 Å². The van der Waals surface area contributed by atoms with E-state index in [1.165, 1.54) is 62.0 Å². The van der Waals surface area contributed by atoms with Crippen LogP contribution in [0.3, 0.4) is 0 Å². The molecule has 4 aromatic carbocycles. The number of carbonyl (C=O) groups excluding carboxylic acids is 2. The van der Waals surface area contributed by atoms with Gasteiger partial charge in [-0.25, -0.2) is 9.59 Å². The van der Waals surface area contributed by atoms with Crippen molar-refractivity contribution in [2.45, 2.75) is 114 Å². The largest absolute Gasteiger partial charge is 0.494 e. The number of nitrogens with zero attached hydrogens (tertiary/aromatic N) is 4. The maximum atomic E-state index is 12.7. The lowest BCUT2D eigenvalue weighted by Crippen LogP contribution is -2.08. The molecular weight excluding hydrogens is 849 g/mol. The zero-order chi connectivity index (χ0) is 44.6. The number of hydrogen-bond acceptors (Lipinski definition) is 14. The van der Waals surface area contributed by atoms with Crippen LogP contribution >= 0.6 is 23.5 Å². The van der Waals surface area contributed by atoms with Gasteiger partial charge in [-0.05, 0) is 123 Å². The lowest BCUT2D eigenvalue weighted by Gasteiger charge is -2.08. The van der Waals surface area contributed by atoms with Crippen molar-refractivity contribution >= 4 is 35.5 Å². The Morgan fingerprint density at radius 1 is 0.438 bits per heavy atom. The van der Waals surface area contributed by atoms with E-state index in [0.717, 1.165) is 85.5 Å². The predicted octanol–water partition coefficient (Wildman–Crippen LogP) is 13.4. The Hall–Kier alpha value is -5.60. The number of thioether (sulfide) groups is 2. The number of esters is 2. The Bertz CT molecular complexity index is 2100. The van der Waals surface area contributed by atoms with Crippen LogP contribution in [0.15, 0.2) is 116 Å². The first kappa shape index (κ1) is 47.9. The van der Waals surface area contributed by atoms with E-state index in [-0.39, 0.29) is 0 Å². The second kappa shape index (κ2) is 26.9. The van der Waals surface area contributed by atoms with Gasteiger partial charge in [0, 0.05) is 22.6 Å². The van der Waals surface area contributed by atoms with Crippen molar-refractivity contribution in [1.29, 1.82) is 0 Å². The highest BCUT2D eigenvalue weighted by Gasteiger charge is 2.14. The lowest BCUT2D eigenvalue weighted by atomic mass is 10.2. The third-order valence-electron chi connectivity index (χ3n) is 10.1. The van der Waals surface area contributed by atoms with Crippen LogP contribution in [-0.4, -0.2) is 57.1 Å². The highest BCUT2D eigenvalue weighted by Crippen LogP contribution is 2.28. The van der Waals surface area contributed by atoms with Crippen LogP contribution in [-0.2, 0) is 0 Å². The summed E-state index contributed by atoms with van der Waals surface area (Å²) < 4.78 is 34.5. The fourth-order valence-corrected chi connectivity index (χ4v) is 7.99. The summed E-state index contributed by atoms with van der Waals surface area (Å²) >= 11 is 3.07. The minimum atomic E-state index is -0.440. The van der Waals surface area contributed by atoms with Crippen LogP contribution in [0.1, 0.15) is 124 Å². The summed E-state index contributed by atoms with van der Waals surface area (Å²) in [5, 5.41) is 17.8. The van der Waals surface area contributed by atoms with Crippen molar-refractivity contribution in [2.24, 2.45) is 0 Å². The molecule has 0 atom stereocenters. The van der Waals surface area contributed by atoms with Crippen molar-refractivity contribution in [3.05, 3.63) is 108 Å². The molecule has 6 aromatic rings. The molecule has 0 saturated carbocycles. The van der Waals surface area contributed by atoms with Crippen LogP contribution in [0.4, 0.5) is 0 Å². The van der Waals surface area contributed by atoms with Gasteiger partial charge in [0.05, 0.1) is 24.3 Å². The van der Waals surface area contributed by atoms with E-state index in [0.29, 0.717) is 58.1 Å². The quantitative estimate of drug-likeness (QED) is 0.0190. The second-order valence-electron chi connectivity index (χ2n) is 15.3. The number of rotatable bonds is 29. The molecule has 0 bridgehead atoms. The molecule has 0 aliphatic carbocycles. The van der Waals surface area contributed by atoms with Crippen molar-refractivity contribution in [3.63, 3.8) is 0 Å². The normalized spacial score (nSPS) is 11.1. The highest BCUT2D eigenvalue weighted by atomic mass is 32.2. The SMILES string of the molecule is CCCCCCCOc1ccc(C(=O)Oc2ccc(-c3nnc(SCCCCCCSc4nnc(-c5ccc(OC(=O)c6ccc(OCCCCCCC)cc6)cc5)o4)o3)cc2)cc1. The minimum Gasteiger partial charge on any atom is -0.494 e. The van der Waals surface area contributed by atoms with E-state index in [2.05, 4.69) is 34.2 Å². The summed E-state index contributed by atoms with van der Waals surface area (Å²) in [5.41, 5.74) is 2.38. The third-order valence-corrected chi connectivity index (χ3v) is 11.9. The smallest absolute Gasteiger partial charge is 0.343 e. The molecule has 0 aliphatic heterocycles. The van der Waals surface area contributed by atoms with Gasteiger partial charge in [-0.2, -0.15) is 0 Å². The Labute approximate surface area is 384 Å². The number of ether oxygens (including phenoxy) is 4. The van der Waals surface area contributed by atoms with Crippen molar-refractivity contribution in [3.8, 4) is 45.9 Å². The summed E-state index contributed by atoms with van der Waals surface area (Å²) in [4.78, 5) is 25.4. The van der Waals surface area contributed by atoms with E-state index < -0.39 is 11.9 Å². The second-order valence-corrected chi connectivity index (χ2v) is 17.4. The molecule has 0 saturated heterocycles. The van der Waals surface area contributed by atoms with E-state index in [1.807, 2.05) is 0 Å². The zero-order valence-electron chi connectivity index (χ0n) is 36.8. The average Bonchev–Trinajstić information content (AvgIpc) is 4.01. The van der Waals surface area contributed by atoms with Gasteiger partial charge in [0.2, 0.25) is 11.8 Å². The first-order valence-corrected chi connectivity index (χ1v) is 24.5. The maximum Gasteiger partial charge on any atom is 0.343 e. The van der Waals surface area contributed by atoms with Crippen LogP contribution in [0, 0.1) is 0 Å². The molecule has 0 fully saturated rings. The molecule has 64 heavy (non-hydrogen) atoms. The summed E-state index contributed by atoms with van der Waals surface area (Å²) in [6.07, 6.45) is 16.0. The molecule has 14 heteroatoms. The summed E-state index contributed by atoms with van der Waals surface area (Å²) in [5.74, 6) is 4.00. The van der Waals surface area contributed by atoms with Crippen molar-refractivity contribution in [2.75, 3.05) is 24.7 Å². The molecule has 0 spiro atoms. The Kier molecular flexibility index (Phi) is 20.1. The maximum absolute atomic E-state index is 12.7. The minimum absolute atomic E-state index is 0.410. The highest BCUT2D eigenvalue weighted by molar-refractivity contribution is 7.99. The van der Waals surface area contributed by atoms with Crippen LogP contribution in [0.25, 0.3) is 22.9 Å². The van der Waals surface area contributed by atoms with E-state index in [9.17, 15) is 9.59 Å². The summed E-state index contributed by atoms with van der Waals surface area (Å²) in [6.45, 7) is 5.75. The van der Waals surface area contributed by atoms with Crippen LogP contribution in [0.5, 0.6) is 23.0 Å². The standard InChI is InChI=1S/C50H58N4O8S2/c1-3-5-7-9-13-33-57-41-25-21-39(22-26-41)47(55)59-43-29-17-37(18-30-43)45-51-53-49(61-45)63-35-15-11-12-16-36-64-50-54-52-46(62-50)38-19-31-44(32-20-38)60-48(56)40-23-27-42(28-24-40)58-34-14-10-8-6-4-2/h17-32H,3-16,33-36H2,1-2H3. The van der Waals surface area contributed by atoms with Gasteiger partial charge < -0.3 is 27.8 Å². The van der Waals surface area contributed by atoms with Gasteiger partial charge in [-0.1, -0.05) is 102 Å². The molecule has 0 amide bonds. The van der Waals surface area contributed by atoms with Gasteiger partial charge in [0.25, 0.3) is 10.4 Å². The Morgan fingerprint density at radius 3 is 1.19 bits per heavy atom. The predicted molar refractivity (Wildman–Crippen MR) is 251 cm³/mol. The van der Waals surface area contributed by atoms with E-state index in [1.54, 1.807) is 97.1 Å². The summed E-state index contributed by atoms with van der Waals surface area (Å²) in [6, 6.07) is 28.1. The molecule has 0 radical (unpaired) electrons. The fraction of sp³-hybridized carbons (Fsp3) is 0.400. The van der Waals surface area contributed by atoms with Crippen LogP contribution in [0.2, 0.25) is 0 Å². The number of carbonyl (C=O) groups is 2. The third kappa shape index (κ3) is 16.2. The lowest BCUT2D eigenvalue weighted by molar-refractivity contribution is 0.0725. The first-order valence-electron chi connectivity index (χ1n) is 22.5. The zero-order valence-corrected chi connectivity index (χ0v) is 38.5. The molecule has 2 heterocycles. The molecule has 0 aliphatic rings. The fourth-order valence-electron chi connectivity index (χ4n) is 6.47. The Balaban J connectivity index is 0.814. The van der Waals surface area contributed by atoms with Gasteiger partial charge >= 0.3 is 11.9 Å². The van der Waals surface area contributed by atoms with Gasteiger partial charge in [-0.15, -0.1) is 20.4 Å². The summed E-state index contributed by atoms with van der Waals surface area (Å²) in [7, 11) is 0. The molecule has 338 valence electrons. The number of aromatic nitrogens is 4. The number of hydrogen-bond donors (Lipinski definition) is 0. The molecule has 6 rings (SSSR count). The number of unbranched alkanes of at least 4 members (excludes halogenated alkanes) is 11. The van der Waals surface area contributed by atoms with Crippen LogP contribution < -0.4 is 18.9 Å².